The Morgan fingerprint density at radius 3 is 2.36 bits per heavy atom. The molecule has 2 saturated heterocycles. The fourth-order valence-corrected chi connectivity index (χ4v) is 4.03. The summed E-state index contributed by atoms with van der Waals surface area (Å²) in [7, 11) is 0. The van der Waals surface area contributed by atoms with Gasteiger partial charge in [0, 0.05) is 32.1 Å². The van der Waals surface area contributed by atoms with Crippen LogP contribution in [0.1, 0.15) is 35.4 Å². The predicted octanol–water partition coefficient (Wildman–Crippen LogP) is 0.663. The highest BCUT2D eigenvalue weighted by molar-refractivity contribution is 7.18. The van der Waals surface area contributed by atoms with Gasteiger partial charge >= 0.3 is 0 Å². The van der Waals surface area contributed by atoms with E-state index >= 15 is 0 Å². The molecular formula is C14H21N5O2S. The van der Waals surface area contributed by atoms with Crippen LogP contribution in [-0.4, -0.2) is 47.9 Å². The minimum Gasteiger partial charge on any atom is -0.382 e. The quantitative estimate of drug-likeness (QED) is 0.850. The molecule has 0 radical (unpaired) electrons. The largest absolute Gasteiger partial charge is 0.382 e. The third kappa shape index (κ3) is 2.87. The van der Waals surface area contributed by atoms with Crippen molar-refractivity contribution in [3.05, 3.63) is 4.88 Å². The van der Waals surface area contributed by atoms with E-state index in [9.17, 15) is 9.59 Å². The monoisotopic (exact) mass is 323 g/mol. The third-order valence-corrected chi connectivity index (χ3v) is 5.52. The Balaban J connectivity index is 1.70. The standard InChI is InChI=1S/C14H21N5O2S/c15-11-10(13(21)18-5-1-2-6-18)22-14(17-11)19-7-3-9(4-8-19)12(16)20/h9H,1-8,15H2,(H2,16,20). The second kappa shape index (κ2) is 6.12. The lowest BCUT2D eigenvalue weighted by atomic mass is 9.97. The van der Waals surface area contributed by atoms with Gasteiger partial charge in [-0.2, -0.15) is 0 Å². The molecule has 2 aliphatic rings. The van der Waals surface area contributed by atoms with Gasteiger partial charge in [0.15, 0.2) is 5.13 Å². The smallest absolute Gasteiger partial charge is 0.267 e. The van der Waals surface area contributed by atoms with Crippen LogP contribution >= 0.6 is 11.3 Å². The Hall–Kier alpha value is -1.83. The summed E-state index contributed by atoms with van der Waals surface area (Å²) in [5.74, 6) is 0.0159. The summed E-state index contributed by atoms with van der Waals surface area (Å²) >= 11 is 1.35. The third-order valence-electron chi connectivity index (χ3n) is 4.40. The van der Waals surface area contributed by atoms with E-state index < -0.39 is 0 Å². The van der Waals surface area contributed by atoms with Crippen LogP contribution in [0.4, 0.5) is 10.9 Å². The number of carbonyl (C=O) groups is 2. The van der Waals surface area contributed by atoms with Gasteiger partial charge in [0.05, 0.1) is 0 Å². The second-order valence-corrected chi connectivity index (χ2v) is 6.85. The molecule has 2 fully saturated rings. The number of carbonyl (C=O) groups excluding carboxylic acids is 2. The molecule has 0 saturated carbocycles. The van der Waals surface area contributed by atoms with E-state index in [2.05, 4.69) is 9.88 Å². The topological polar surface area (TPSA) is 106 Å². The maximum atomic E-state index is 12.4. The molecule has 0 bridgehead atoms. The molecule has 0 unspecified atom stereocenters. The second-order valence-electron chi connectivity index (χ2n) is 5.87. The van der Waals surface area contributed by atoms with Crippen molar-refractivity contribution in [2.75, 3.05) is 36.8 Å². The SMILES string of the molecule is NC(=O)C1CCN(c2nc(N)c(C(=O)N3CCCC3)s2)CC1. The first-order chi connectivity index (χ1) is 10.6. The summed E-state index contributed by atoms with van der Waals surface area (Å²) in [6.07, 6.45) is 3.56. The molecule has 3 rings (SSSR count). The Kier molecular flexibility index (Phi) is 4.19. The van der Waals surface area contributed by atoms with E-state index in [1.54, 1.807) is 0 Å². The summed E-state index contributed by atoms with van der Waals surface area (Å²) < 4.78 is 0. The first kappa shape index (κ1) is 15.1. The number of likely N-dealkylation sites (tertiary alicyclic amines) is 1. The van der Waals surface area contributed by atoms with E-state index in [1.165, 1.54) is 11.3 Å². The number of piperidine rings is 1. The zero-order chi connectivity index (χ0) is 15.7. The van der Waals surface area contributed by atoms with Gasteiger partial charge in [0.2, 0.25) is 5.91 Å². The summed E-state index contributed by atoms with van der Waals surface area (Å²) in [5, 5.41) is 0.767. The van der Waals surface area contributed by atoms with Crippen LogP contribution < -0.4 is 16.4 Å². The lowest BCUT2D eigenvalue weighted by Crippen LogP contribution is -2.38. The van der Waals surface area contributed by atoms with Gasteiger partial charge in [-0.1, -0.05) is 11.3 Å². The predicted molar refractivity (Wildman–Crippen MR) is 85.8 cm³/mol. The minimum atomic E-state index is -0.233. The molecule has 1 aromatic rings. The highest BCUT2D eigenvalue weighted by Gasteiger charge is 2.28. The van der Waals surface area contributed by atoms with Crippen LogP contribution in [-0.2, 0) is 4.79 Å². The van der Waals surface area contributed by atoms with Gasteiger partial charge < -0.3 is 21.3 Å². The fraction of sp³-hybridized carbons (Fsp3) is 0.643. The zero-order valence-electron chi connectivity index (χ0n) is 12.5. The van der Waals surface area contributed by atoms with Gasteiger partial charge in [-0.3, -0.25) is 9.59 Å². The van der Waals surface area contributed by atoms with Crippen LogP contribution in [0.5, 0.6) is 0 Å². The molecule has 120 valence electrons. The highest BCUT2D eigenvalue weighted by Crippen LogP contribution is 2.32. The number of aromatic nitrogens is 1. The number of hydrogen-bond donors (Lipinski definition) is 2. The fourth-order valence-electron chi connectivity index (χ4n) is 3.03. The average molecular weight is 323 g/mol. The molecule has 7 nitrogen and oxygen atoms in total. The molecule has 4 N–H and O–H groups in total. The van der Waals surface area contributed by atoms with Crippen LogP contribution in [0.15, 0.2) is 0 Å². The summed E-state index contributed by atoms with van der Waals surface area (Å²) in [4.78, 5) is 32.5. The van der Waals surface area contributed by atoms with Crippen LogP contribution in [0.2, 0.25) is 0 Å². The molecule has 0 atom stereocenters. The Bertz CT molecular complexity index is 574. The van der Waals surface area contributed by atoms with Crippen molar-refractivity contribution in [1.29, 1.82) is 0 Å². The highest BCUT2D eigenvalue weighted by atomic mass is 32.1. The lowest BCUT2D eigenvalue weighted by molar-refractivity contribution is -0.122. The van der Waals surface area contributed by atoms with E-state index in [-0.39, 0.29) is 17.7 Å². The zero-order valence-corrected chi connectivity index (χ0v) is 13.3. The van der Waals surface area contributed by atoms with Gasteiger partial charge in [-0.25, -0.2) is 4.98 Å². The van der Waals surface area contributed by atoms with Crippen molar-refractivity contribution < 1.29 is 9.59 Å². The van der Waals surface area contributed by atoms with Crippen molar-refractivity contribution in [1.82, 2.24) is 9.88 Å². The summed E-state index contributed by atoms with van der Waals surface area (Å²) in [6.45, 7) is 3.04. The molecule has 8 heteroatoms. The van der Waals surface area contributed by atoms with E-state index in [4.69, 9.17) is 11.5 Å². The van der Waals surface area contributed by atoms with Crippen molar-refractivity contribution >= 4 is 34.1 Å². The summed E-state index contributed by atoms with van der Waals surface area (Å²) in [6, 6.07) is 0. The maximum absolute atomic E-state index is 12.4. The lowest BCUT2D eigenvalue weighted by Gasteiger charge is -2.30. The van der Waals surface area contributed by atoms with Gasteiger partial charge in [0.25, 0.3) is 5.91 Å². The average Bonchev–Trinajstić information content (AvgIpc) is 3.16. The van der Waals surface area contributed by atoms with Gasteiger partial charge in [-0.15, -0.1) is 0 Å². The number of anilines is 2. The van der Waals surface area contributed by atoms with Crippen molar-refractivity contribution in [2.45, 2.75) is 25.7 Å². The molecular weight excluding hydrogens is 302 g/mol. The van der Waals surface area contributed by atoms with Crippen molar-refractivity contribution in [3.63, 3.8) is 0 Å². The first-order valence-corrected chi connectivity index (χ1v) is 8.47. The number of primary amides is 1. The molecule has 2 amide bonds. The van der Waals surface area contributed by atoms with Crippen molar-refractivity contribution in [3.8, 4) is 0 Å². The molecule has 1 aromatic heterocycles. The van der Waals surface area contributed by atoms with Crippen molar-refractivity contribution in [2.24, 2.45) is 11.7 Å². The number of amides is 2. The van der Waals surface area contributed by atoms with Gasteiger partial charge in [-0.05, 0) is 25.7 Å². The number of thiazole rings is 1. The number of nitrogens with zero attached hydrogens (tertiary/aromatic N) is 3. The molecule has 22 heavy (non-hydrogen) atoms. The Morgan fingerprint density at radius 2 is 1.77 bits per heavy atom. The molecule has 0 spiro atoms. The normalized spacial score (nSPS) is 19.6. The minimum absolute atomic E-state index is 0.00854. The van der Waals surface area contributed by atoms with E-state index in [0.29, 0.717) is 10.7 Å². The molecule has 0 aromatic carbocycles. The Labute approximate surface area is 133 Å². The first-order valence-electron chi connectivity index (χ1n) is 7.66. The van der Waals surface area contributed by atoms with Crippen LogP contribution in [0.25, 0.3) is 0 Å². The number of rotatable bonds is 3. The van der Waals surface area contributed by atoms with Crippen LogP contribution in [0.3, 0.4) is 0 Å². The molecule has 2 aliphatic heterocycles. The molecule has 0 aliphatic carbocycles. The van der Waals surface area contributed by atoms with Crippen LogP contribution in [0, 0.1) is 5.92 Å². The number of nitrogen functional groups attached to an aromatic ring is 1. The maximum Gasteiger partial charge on any atom is 0.267 e. The van der Waals surface area contributed by atoms with Gasteiger partial charge in [0.1, 0.15) is 10.7 Å². The Morgan fingerprint density at radius 1 is 1.14 bits per heavy atom. The number of hydrogen-bond acceptors (Lipinski definition) is 6. The number of nitrogens with two attached hydrogens (primary N) is 2. The molecule has 3 heterocycles. The van der Waals surface area contributed by atoms with E-state index in [1.807, 2.05) is 4.90 Å². The van der Waals surface area contributed by atoms with E-state index in [0.717, 1.165) is 57.0 Å². The summed E-state index contributed by atoms with van der Waals surface area (Å²) in [5.41, 5.74) is 11.3.